The maximum atomic E-state index is 5.40. The van der Waals surface area contributed by atoms with E-state index in [0.29, 0.717) is 5.92 Å². The molecule has 3 heteroatoms. The van der Waals surface area contributed by atoms with Gasteiger partial charge in [0.15, 0.2) is 0 Å². The van der Waals surface area contributed by atoms with Gasteiger partial charge in [-0.1, -0.05) is 27.5 Å². The van der Waals surface area contributed by atoms with Crippen LogP contribution in [0.4, 0.5) is 0 Å². The highest BCUT2D eigenvalue weighted by atomic mass is 79.9. The first kappa shape index (κ1) is 8.48. The van der Waals surface area contributed by atoms with Gasteiger partial charge < -0.3 is 4.52 Å². The van der Waals surface area contributed by atoms with Gasteiger partial charge in [-0.25, -0.2) is 0 Å². The SMILES string of the molecule is Brc1ccc2c(C3CCC3)onc2c1. The van der Waals surface area contributed by atoms with Crippen LogP contribution >= 0.6 is 15.9 Å². The summed E-state index contributed by atoms with van der Waals surface area (Å²) in [5, 5.41) is 5.26. The second-order valence-electron chi connectivity index (χ2n) is 3.84. The molecule has 1 aliphatic carbocycles. The van der Waals surface area contributed by atoms with Crippen LogP contribution in [0, 0.1) is 0 Å². The fourth-order valence-electron chi connectivity index (χ4n) is 1.90. The zero-order valence-corrected chi connectivity index (χ0v) is 9.25. The van der Waals surface area contributed by atoms with Crippen LogP contribution in [0.3, 0.4) is 0 Å². The smallest absolute Gasteiger partial charge is 0.147 e. The van der Waals surface area contributed by atoms with Crippen LogP contribution in [0.5, 0.6) is 0 Å². The van der Waals surface area contributed by atoms with Gasteiger partial charge >= 0.3 is 0 Å². The van der Waals surface area contributed by atoms with E-state index in [1.165, 1.54) is 24.6 Å². The van der Waals surface area contributed by atoms with E-state index in [1.54, 1.807) is 0 Å². The Bertz CT molecular complexity index is 473. The summed E-state index contributed by atoms with van der Waals surface area (Å²) >= 11 is 3.43. The Kier molecular flexibility index (Phi) is 1.87. The number of hydrogen-bond acceptors (Lipinski definition) is 2. The molecule has 2 nitrogen and oxygen atoms in total. The van der Waals surface area contributed by atoms with Crippen molar-refractivity contribution >= 4 is 26.8 Å². The minimum Gasteiger partial charge on any atom is -0.360 e. The molecule has 1 saturated carbocycles. The van der Waals surface area contributed by atoms with E-state index < -0.39 is 0 Å². The highest BCUT2D eigenvalue weighted by Gasteiger charge is 2.25. The molecular formula is C11H10BrNO. The maximum absolute atomic E-state index is 5.40. The highest BCUT2D eigenvalue weighted by Crippen LogP contribution is 2.39. The lowest BCUT2D eigenvalue weighted by atomic mass is 9.82. The van der Waals surface area contributed by atoms with Crippen molar-refractivity contribution < 1.29 is 4.52 Å². The van der Waals surface area contributed by atoms with Crippen molar-refractivity contribution in [3.63, 3.8) is 0 Å². The first-order valence-corrected chi connectivity index (χ1v) is 5.69. The molecular weight excluding hydrogens is 242 g/mol. The van der Waals surface area contributed by atoms with E-state index in [-0.39, 0.29) is 0 Å². The topological polar surface area (TPSA) is 26.0 Å². The fourth-order valence-corrected chi connectivity index (χ4v) is 2.25. The first-order valence-electron chi connectivity index (χ1n) is 4.89. The van der Waals surface area contributed by atoms with Gasteiger partial charge in [-0.2, -0.15) is 0 Å². The van der Waals surface area contributed by atoms with Gasteiger partial charge in [-0.15, -0.1) is 0 Å². The molecule has 0 bridgehead atoms. The molecule has 0 saturated heterocycles. The van der Waals surface area contributed by atoms with Crippen molar-refractivity contribution in [2.24, 2.45) is 0 Å². The average Bonchev–Trinajstić information content (AvgIpc) is 2.45. The van der Waals surface area contributed by atoms with E-state index in [2.05, 4.69) is 27.2 Å². The Morgan fingerprint density at radius 2 is 2.21 bits per heavy atom. The molecule has 0 atom stereocenters. The molecule has 3 rings (SSSR count). The third-order valence-corrected chi connectivity index (χ3v) is 3.44. The monoisotopic (exact) mass is 251 g/mol. The number of nitrogens with zero attached hydrogens (tertiary/aromatic N) is 1. The van der Waals surface area contributed by atoms with Crippen molar-refractivity contribution in [1.82, 2.24) is 5.16 Å². The van der Waals surface area contributed by atoms with Crippen LogP contribution in [-0.4, -0.2) is 5.16 Å². The number of halogens is 1. The van der Waals surface area contributed by atoms with Gasteiger partial charge in [0.2, 0.25) is 0 Å². The van der Waals surface area contributed by atoms with Crippen molar-refractivity contribution in [1.29, 1.82) is 0 Å². The summed E-state index contributed by atoms with van der Waals surface area (Å²) in [5.74, 6) is 1.69. The Balaban J connectivity index is 2.16. The zero-order chi connectivity index (χ0) is 9.54. The van der Waals surface area contributed by atoms with Gasteiger partial charge in [0.25, 0.3) is 0 Å². The molecule has 0 unspecified atom stereocenters. The largest absolute Gasteiger partial charge is 0.360 e. The number of benzene rings is 1. The quantitative estimate of drug-likeness (QED) is 0.770. The molecule has 1 aromatic carbocycles. The fraction of sp³-hybridized carbons (Fsp3) is 0.364. The van der Waals surface area contributed by atoms with Crippen LogP contribution in [-0.2, 0) is 0 Å². The number of fused-ring (bicyclic) bond motifs is 1. The summed E-state index contributed by atoms with van der Waals surface area (Å²) in [6, 6.07) is 6.13. The summed E-state index contributed by atoms with van der Waals surface area (Å²) in [6.07, 6.45) is 3.82. The first-order chi connectivity index (χ1) is 6.84. The lowest BCUT2D eigenvalue weighted by molar-refractivity contribution is 0.305. The summed E-state index contributed by atoms with van der Waals surface area (Å²) in [6.45, 7) is 0. The molecule has 1 heterocycles. The number of rotatable bonds is 1. The summed E-state index contributed by atoms with van der Waals surface area (Å²) < 4.78 is 6.46. The minimum absolute atomic E-state index is 0.612. The molecule has 0 radical (unpaired) electrons. The Labute approximate surface area is 90.4 Å². The van der Waals surface area contributed by atoms with Crippen LogP contribution < -0.4 is 0 Å². The molecule has 14 heavy (non-hydrogen) atoms. The normalized spacial score (nSPS) is 17.2. The van der Waals surface area contributed by atoms with Crippen LogP contribution in [0.25, 0.3) is 10.9 Å². The number of hydrogen-bond donors (Lipinski definition) is 0. The molecule has 1 aromatic heterocycles. The molecule has 0 aliphatic heterocycles. The van der Waals surface area contributed by atoms with Gasteiger partial charge in [-0.05, 0) is 31.0 Å². The standard InChI is InChI=1S/C11H10BrNO/c12-8-4-5-9-10(6-8)13-14-11(9)7-2-1-3-7/h4-7H,1-3H2. The van der Waals surface area contributed by atoms with Gasteiger partial charge in [-0.3, -0.25) is 0 Å². The predicted molar refractivity (Wildman–Crippen MR) is 58.3 cm³/mol. The van der Waals surface area contributed by atoms with Gasteiger partial charge in [0.05, 0.1) is 0 Å². The second kappa shape index (κ2) is 3.09. The van der Waals surface area contributed by atoms with Crippen LogP contribution in [0.15, 0.2) is 27.2 Å². The molecule has 0 spiro atoms. The minimum atomic E-state index is 0.612. The zero-order valence-electron chi connectivity index (χ0n) is 7.66. The predicted octanol–water partition coefficient (Wildman–Crippen LogP) is 3.86. The van der Waals surface area contributed by atoms with Gasteiger partial charge in [0, 0.05) is 15.8 Å². The summed E-state index contributed by atoms with van der Waals surface area (Å²) in [7, 11) is 0. The van der Waals surface area contributed by atoms with Crippen molar-refractivity contribution in [2.75, 3.05) is 0 Å². The Morgan fingerprint density at radius 3 is 2.93 bits per heavy atom. The molecule has 0 N–H and O–H groups in total. The lowest BCUT2D eigenvalue weighted by Gasteiger charge is -2.22. The highest BCUT2D eigenvalue weighted by molar-refractivity contribution is 9.10. The third kappa shape index (κ3) is 1.19. The van der Waals surface area contributed by atoms with E-state index in [1.807, 2.05) is 12.1 Å². The van der Waals surface area contributed by atoms with E-state index in [0.717, 1.165) is 15.7 Å². The molecule has 1 fully saturated rings. The van der Waals surface area contributed by atoms with Crippen LogP contribution in [0.2, 0.25) is 0 Å². The van der Waals surface area contributed by atoms with E-state index in [9.17, 15) is 0 Å². The average molecular weight is 252 g/mol. The third-order valence-electron chi connectivity index (χ3n) is 2.94. The van der Waals surface area contributed by atoms with Gasteiger partial charge in [0.1, 0.15) is 11.3 Å². The van der Waals surface area contributed by atoms with E-state index >= 15 is 0 Å². The van der Waals surface area contributed by atoms with Crippen molar-refractivity contribution in [3.05, 3.63) is 28.4 Å². The molecule has 2 aromatic rings. The van der Waals surface area contributed by atoms with Crippen molar-refractivity contribution in [3.8, 4) is 0 Å². The van der Waals surface area contributed by atoms with Crippen molar-refractivity contribution in [2.45, 2.75) is 25.2 Å². The lowest BCUT2D eigenvalue weighted by Crippen LogP contribution is -2.07. The maximum Gasteiger partial charge on any atom is 0.147 e. The molecule has 72 valence electrons. The second-order valence-corrected chi connectivity index (χ2v) is 4.75. The molecule has 0 amide bonds. The molecule has 1 aliphatic rings. The Hall–Kier alpha value is -0.830. The van der Waals surface area contributed by atoms with E-state index in [4.69, 9.17) is 4.52 Å². The van der Waals surface area contributed by atoms with Crippen LogP contribution in [0.1, 0.15) is 30.9 Å². The summed E-state index contributed by atoms with van der Waals surface area (Å²) in [5.41, 5.74) is 0.960. The number of aromatic nitrogens is 1. The summed E-state index contributed by atoms with van der Waals surface area (Å²) in [4.78, 5) is 0. The Morgan fingerprint density at radius 1 is 1.36 bits per heavy atom.